The van der Waals surface area contributed by atoms with Crippen LogP contribution in [0.5, 0.6) is 0 Å². The van der Waals surface area contributed by atoms with Gasteiger partial charge in [0.15, 0.2) is 5.65 Å². The van der Waals surface area contributed by atoms with Gasteiger partial charge in [0.05, 0.1) is 11.9 Å². The largest absolute Gasteiger partial charge is 0.383 e. The summed E-state index contributed by atoms with van der Waals surface area (Å²) in [4.78, 5) is 4.17. The Morgan fingerprint density at radius 3 is 2.68 bits per heavy atom. The third-order valence-electron chi connectivity index (χ3n) is 3.97. The van der Waals surface area contributed by atoms with Gasteiger partial charge in [-0.15, -0.1) is 5.10 Å². The number of fused-ring (bicyclic) bond motifs is 1. The molecule has 0 unspecified atom stereocenters. The number of nitrogens with zero attached hydrogens (tertiary/aromatic N) is 3. The fourth-order valence-electron chi connectivity index (χ4n) is 2.53. The van der Waals surface area contributed by atoms with Gasteiger partial charge < -0.3 is 11.1 Å². The van der Waals surface area contributed by atoms with Crippen molar-refractivity contribution in [2.75, 3.05) is 17.6 Å². The van der Waals surface area contributed by atoms with Crippen LogP contribution in [0.3, 0.4) is 0 Å². The Morgan fingerprint density at radius 1 is 1.23 bits per heavy atom. The van der Waals surface area contributed by atoms with E-state index in [0.717, 1.165) is 23.4 Å². The molecule has 5 heteroatoms. The highest BCUT2D eigenvalue weighted by molar-refractivity contribution is 5.57. The molecule has 0 spiro atoms. The molecule has 0 atom stereocenters. The lowest BCUT2D eigenvalue weighted by atomic mass is 9.84. The van der Waals surface area contributed by atoms with Gasteiger partial charge in [-0.2, -0.15) is 4.98 Å². The van der Waals surface area contributed by atoms with E-state index in [1.807, 2.05) is 18.3 Å². The molecule has 0 amide bonds. The van der Waals surface area contributed by atoms with Crippen LogP contribution in [0.1, 0.15) is 25.0 Å². The predicted molar refractivity (Wildman–Crippen MR) is 90.1 cm³/mol. The fourth-order valence-corrected chi connectivity index (χ4v) is 2.53. The molecule has 3 N–H and O–H groups in total. The molecule has 1 aromatic carbocycles. The molecule has 114 valence electrons. The zero-order chi connectivity index (χ0) is 15.7. The molecule has 0 aliphatic rings. The molecular formula is C17H21N5. The van der Waals surface area contributed by atoms with Crippen molar-refractivity contribution in [3.8, 4) is 0 Å². The van der Waals surface area contributed by atoms with Crippen molar-refractivity contribution in [2.45, 2.75) is 26.2 Å². The third-order valence-corrected chi connectivity index (χ3v) is 3.97. The van der Waals surface area contributed by atoms with Gasteiger partial charge in [-0.25, -0.2) is 4.52 Å². The van der Waals surface area contributed by atoms with Crippen molar-refractivity contribution in [2.24, 2.45) is 0 Å². The molecule has 0 bridgehead atoms. The summed E-state index contributed by atoms with van der Waals surface area (Å²) in [5.41, 5.74) is 9.93. The molecule has 22 heavy (non-hydrogen) atoms. The van der Waals surface area contributed by atoms with Crippen LogP contribution >= 0.6 is 0 Å². The summed E-state index contributed by atoms with van der Waals surface area (Å²) >= 11 is 0. The van der Waals surface area contributed by atoms with Gasteiger partial charge in [-0.05, 0) is 24.1 Å². The summed E-state index contributed by atoms with van der Waals surface area (Å²) in [5.74, 6) is 0.293. The molecule has 0 aliphatic heterocycles. The van der Waals surface area contributed by atoms with E-state index in [0.29, 0.717) is 5.95 Å². The van der Waals surface area contributed by atoms with Crippen LogP contribution in [0.4, 0.5) is 11.6 Å². The third kappa shape index (κ3) is 2.74. The van der Waals surface area contributed by atoms with Gasteiger partial charge in [-0.1, -0.05) is 44.2 Å². The van der Waals surface area contributed by atoms with Crippen molar-refractivity contribution in [1.29, 1.82) is 0 Å². The zero-order valence-electron chi connectivity index (χ0n) is 13.2. The number of hydrogen-bond acceptors (Lipinski definition) is 4. The highest BCUT2D eigenvalue weighted by atomic mass is 15.3. The van der Waals surface area contributed by atoms with Crippen molar-refractivity contribution in [3.05, 3.63) is 53.7 Å². The molecule has 0 saturated heterocycles. The number of nitrogen functional groups attached to an aromatic ring is 1. The van der Waals surface area contributed by atoms with Crippen molar-refractivity contribution in [3.63, 3.8) is 0 Å². The minimum atomic E-state index is 0.0318. The summed E-state index contributed by atoms with van der Waals surface area (Å²) in [6.07, 6.45) is 1.94. The van der Waals surface area contributed by atoms with Crippen LogP contribution in [-0.4, -0.2) is 21.1 Å². The number of aryl methyl sites for hydroxylation is 1. The van der Waals surface area contributed by atoms with Crippen LogP contribution in [0, 0.1) is 6.92 Å². The smallest absolute Gasteiger partial charge is 0.240 e. The molecule has 2 heterocycles. The molecule has 0 fully saturated rings. The Bertz CT molecular complexity index is 789. The second-order valence-electron chi connectivity index (χ2n) is 6.25. The monoisotopic (exact) mass is 295 g/mol. The number of nitrogens with two attached hydrogens (primary N) is 1. The summed E-state index contributed by atoms with van der Waals surface area (Å²) in [6, 6.07) is 12.5. The van der Waals surface area contributed by atoms with E-state index in [2.05, 4.69) is 60.4 Å². The minimum absolute atomic E-state index is 0.0318. The van der Waals surface area contributed by atoms with Crippen LogP contribution in [-0.2, 0) is 5.41 Å². The van der Waals surface area contributed by atoms with Crippen molar-refractivity contribution in [1.82, 2.24) is 14.6 Å². The van der Waals surface area contributed by atoms with Gasteiger partial charge in [0.1, 0.15) is 0 Å². The molecule has 2 aromatic heterocycles. The van der Waals surface area contributed by atoms with Gasteiger partial charge >= 0.3 is 0 Å². The molecular weight excluding hydrogens is 274 g/mol. The standard InChI is InChI=1S/C17H21N5/c1-12-9-15-20-16(18)21-22(15)10-14(12)19-11-17(2,3)13-7-5-4-6-8-13/h4-10,19H,11H2,1-3H3,(H2,18,21). The first-order valence-corrected chi connectivity index (χ1v) is 7.38. The Hall–Kier alpha value is -2.56. The quantitative estimate of drug-likeness (QED) is 0.776. The highest BCUT2D eigenvalue weighted by Gasteiger charge is 2.20. The first-order valence-electron chi connectivity index (χ1n) is 7.38. The topological polar surface area (TPSA) is 68.2 Å². The van der Waals surface area contributed by atoms with E-state index < -0.39 is 0 Å². The number of rotatable bonds is 4. The number of aromatic nitrogens is 3. The van der Waals surface area contributed by atoms with E-state index in [4.69, 9.17) is 5.73 Å². The maximum Gasteiger partial charge on any atom is 0.240 e. The van der Waals surface area contributed by atoms with E-state index in [1.165, 1.54) is 5.56 Å². The molecule has 3 aromatic rings. The second-order valence-corrected chi connectivity index (χ2v) is 6.25. The second kappa shape index (κ2) is 5.33. The molecule has 0 aliphatic carbocycles. The van der Waals surface area contributed by atoms with Gasteiger partial charge in [0.2, 0.25) is 5.95 Å². The summed E-state index contributed by atoms with van der Waals surface area (Å²) in [5, 5.41) is 7.68. The average molecular weight is 295 g/mol. The van der Waals surface area contributed by atoms with Crippen LogP contribution < -0.4 is 11.1 Å². The highest BCUT2D eigenvalue weighted by Crippen LogP contribution is 2.25. The molecule has 0 radical (unpaired) electrons. The molecule has 0 saturated carbocycles. The van der Waals surface area contributed by atoms with E-state index in [9.17, 15) is 0 Å². The van der Waals surface area contributed by atoms with Crippen LogP contribution in [0.25, 0.3) is 5.65 Å². The Kier molecular flexibility index (Phi) is 3.48. The normalized spacial score (nSPS) is 11.8. The number of nitrogens with one attached hydrogen (secondary N) is 1. The lowest BCUT2D eigenvalue weighted by molar-refractivity contribution is 0.557. The van der Waals surface area contributed by atoms with E-state index in [1.54, 1.807) is 4.52 Å². The maximum atomic E-state index is 5.65. The SMILES string of the molecule is Cc1cc2nc(N)nn2cc1NCC(C)(C)c1ccccc1. The predicted octanol–water partition coefficient (Wildman–Crippen LogP) is 3.01. The average Bonchev–Trinajstić information content (AvgIpc) is 2.85. The van der Waals surface area contributed by atoms with Crippen molar-refractivity contribution < 1.29 is 0 Å². The van der Waals surface area contributed by atoms with Crippen LogP contribution in [0.15, 0.2) is 42.6 Å². The summed E-state index contributed by atoms with van der Waals surface area (Å²) in [6.45, 7) is 7.35. The number of hydrogen-bond donors (Lipinski definition) is 2. The van der Waals surface area contributed by atoms with Gasteiger partial charge in [-0.3, -0.25) is 0 Å². The molecule has 3 rings (SSSR count). The minimum Gasteiger partial charge on any atom is -0.383 e. The first kappa shape index (κ1) is 14.4. The zero-order valence-corrected chi connectivity index (χ0v) is 13.2. The lowest BCUT2D eigenvalue weighted by Gasteiger charge is -2.26. The van der Waals surface area contributed by atoms with E-state index in [-0.39, 0.29) is 5.41 Å². The first-order chi connectivity index (χ1) is 10.5. The number of anilines is 2. The van der Waals surface area contributed by atoms with Crippen molar-refractivity contribution >= 4 is 17.3 Å². The van der Waals surface area contributed by atoms with Crippen LogP contribution in [0.2, 0.25) is 0 Å². The van der Waals surface area contributed by atoms with Gasteiger partial charge in [0.25, 0.3) is 0 Å². The van der Waals surface area contributed by atoms with Gasteiger partial charge in [0, 0.05) is 12.0 Å². The Morgan fingerprint density at radius 2 is 1.95 bits per heavy atom. The van der Waals surface area contributed by atoms with E-state index >= 15 is 0 Å². The maximum absolute atomic E-state index is 5.65. The Labute approximate surface area is 130 Å². The fraction of sp³-hybridized carbons (Fsp3) is 0.294. The lowest BCUT2D eigenvalue weighted by Crippen LogP contribution is -2.27. The summed E-state index contributed by atoms with van der Waals surface area (Å²) in [7, 11) is 0. The summed E-state index contributed by atoms with van der Waals surface area (Å²) < 4.78 is 1.71. The number of benzene rings is 1. The Balaban J connectivity index is 1.83. The number of pyridine rings is 1. The molecule has 5 nitrogen and oxygen atoms in total.